The summed E-state index contributed by atoms with van der Waals surface area (Å²) in [5.41, 5.74) is 5.19. The fourth-order valence-corrected chi connectivity index (χ4v) is 4.72. The third-order valence-electron chi connectivity index (χ3n) is 5.98. The maximum atomic E-state index is 2.43. The summed E-state index contributed by atoms with van der Waals surface area (Å²) >= 11 is 0. The molecule has 4 aromatic carbocycles. The van der Waals surface area contributed by atoms with Crippen molar-refractivity contribution in [2.75, 3.05) is 0 Å². The molecule has 13 heteroatoms. The zero-order valence-corrected chi connectivity index (χ0v) is 37.8. The molecule has 11 radical (unpaired) electrons. The molecule has 0 spiro atoms. The molecule has 0 saturated heterocycles. The summed E-state index contributed by atoms with van der Waals surface area (Å²) in [4.78, 5) is 0. The Balaban J connectivity index is -0.000000263. The van der Waals surface area contributed by atoms with Gasteiger partial charge in [-0.2, -0.15) is 0 Å². The van der Waals surface area contributed by atoms with E-state index in [1.807, 2.05) is 0 Å². The van der Waals surface area contributed by atoms with Crippen LogP contribution in [0.3, 0.4) is 0 Å². The van der Waals surface area contributed by atoms with Gasteiger partial charge in [-0.25, -0.2) is 0 Å². The molecule has 6 aromatic rings. The zero-order chi connectivity index (χ0) is 19.2. The van der Waals surface area contributed by atoms with Gasteiger partial charge in [0.05, 0.1) is 0 Å². The summed E-state index contributed by atoms with van der Waals surface area (Å²) < 4.78 is 4.86. The van der Waals surface area contributed by atoms with Crippen molar-refractivity contribution in [2.24, 2.45) is 0 Å². The molecule has 0 aliphatic carbocycles. The van der Waals surface area contributed by atoms with Crippen molar-refractivity contribution >= 4 is 43.6 Å². The minimum atomic E-state index is 0. The van der Waals surface area contributed by atoms with E-state index in [0.29, 0.717) is 0 Å². The Bertz CT molecular complexity index is 1300. The first-order chi connectivity index (χ1) is 14.4. The average molecular weight is 1510 g/mol. The van der Waals surface area contributed by atoms with Crippen LogP contribution in [0.15, 0.2) is 97.1 Å². The summed E-state index contributed by atoms with van der Waals surface area (Å²) in [5, 5.41) is 5.31. The number of hydrogen-bond acceptors (Lipinski definition) is 0. The van der Waals surface area contributed by atoms with Crippen LogP contribution in [0.5, 0.6) is 0 Å². The van der Waals surface area contributed by atoms with Crippen LogP contribution in [0.25, 0.3) is 43.6 Å². The number of para-hydroxylation sites is 4. The standard InChI is InChI=1S/C27H21N2.11Rh/c1-5-14-24-20(10-1)21-11-2-6-15-25(21)28(24)18-9-19-29-26-16-7-3-12-22(26)23-13-4-8-17-27(23)29;;;;;;;;;;;/h1-17H,18-19H2;;;;;;;;;;;/q-1;;;;;;;;;;;. The third kappa shape index (κ3) is 11.2. The number of fused-ring (bicyclic) bond motifs is 6. The van der Waals surface area contributed by atoms with Crippen molar-refractivity contribution < 1.29 is 214 Å². The SMILES string of the molecule is [Rh].[Rh].[Rh].[Rh].[Rh].[Rh].[Rh].[Rh].[Rh].[Rh].[Rh].c1ccc2c(c1)c1ccccc1n2C[CH-]Cn1c2ccccc2c2ccccc21. The predicted molar refractivity (Wildman–Crippen MR) is 123 cm³/mol. The van der Waals surface area contributed by atoms with Gasteiger partial charge in [-0.1, -0.05) is 85.9 Å². The van der Waals surface area contributed by atoms with Crippen molar-refractivity contribution in [3.05, 3.63) is 103 Å². The van der Waals surface area contributed by atoms with Crippen LogP contribution in [0.4, 0.5) is 0 Å². The topological polar surface area (TPSA) is 9.86 Å². The van der Waals surface area contributed by atoms with Crippen LogP contribution in [-0.2, 0) is 227 Å². The maximum absolute atomic E-state index is 2.43. The second-order valence-electron chi connectivity index (χ2n) is 7.58. The van der Waals surface area contributed by atoms with E-state index in [2.05, 4.69) is 113 Å². The van der Waals surface area contributed by atoms with Gasteiger partial charge < -0.3 is 9.13 Å². The number of hydrogen-bond donors (Lipinski definition) is 0. The van der Waals surface area contributed by atoms with Crippen molar-refractivity contribution in [3.8, 4) is 0 Å². The molecule has 0 amide bonds. The Hall–Kier alpha value is 3.34. The van der Waals surface area contributed by atoms with Gasteiger partial charge in [-0.05, 0) is 24.3 Å². The van der Waals surface area contributed by atoms with E-state index in [0.717, 1.165) is 13.1 Å². The molecule has 2 heterocycles. The number of rotatable bonds is 4. The van der Waals surface area contributed by atoms with Crippen LogP contribution >= 0.6 is 0 Å². The van der Waals surface area contributed by atoms with Crippen molar-refractivity contribution in [1.29, 1.82) is 0 Å². The van der Waals surface area contributed by atoms with Crippen molar-refractivity contribution in [3.63, 3.8) is 0 Å². The molecule has 0 aliphatic rings. The first-order valence-corrected chi connectivity index (χ1v) is 10.2. The molecule has 0 N–H and O–H groups in total. The van der Waals surface area contributed by atoms with Crippen LogP contribution in [0, 0.1) is 6.42 Å². The molecular formula is C27H21N2Rh11-. The minimum Gasteiger partial charge on any atom is -0.371 e. The zero-order valence-electron chi connectivity index (χ0n) is 19.8. The number of benzene rings is 4. The molecule has 0 atom stereocenters. The molecule has 0 saturated carbocycles. The summed E-state index contributed by atoms with van der Waals surface area (Å²) in [7, 11) is 0. The molecule has 0 bridgehead atoms. The fraction of sp³-hybridized carbons (Fsp3) is 0.0741. The first kappa shape index (κ1) is 55.7. The van der Waals surface area contributed by atoms with Crippen LogP contribution in [-0.4, -0.2) is 9.13 Å². The van der Waals surface area contributed by atoms with E-state index in [1.54, 1.807) is 0 Å². The third-order valence-corrected chi connectivity index (χ3v) is 5.98. The van der Waals surface area contributed by atoms with Gasteiger partial charge >= 0.3 is 0 Å². The molecular weight excluding hydrogens is 1480 g/mol. The van der Waals surface area contributed by atoms with Crippen molar-refractivity contribution in [1.82, 2.24) is 9.13 Å². The summed E-state index contributed by atoms with van der Waals surface area (Å²) in [5.74, 6) is 0. The quantitative estimate of drug-likeness (QED) is 0.136. The molecule has 0 unspecified atom stereocenters. The van der Waals surface area contributed by atoms with Gasteiger partial charge in [0.15, 0.2) is 0 Å². The van der Waals surface area contributed by atoms with Gasteiger partial charge in [0.2, 0.25) is 0 Å². The van der Waals surface area contributed by atoms with Gasteiger partial charge in [0, 0.05) is 258 Å². The van der Waals surface area contributed by atoms with Crippen molar-refractivity contribution in [2.45, 2.75) is 13.1 Å². The normalized spacial score (nSPS) is 8.60. The van der Waals surface area contributed by atoms with Crippen LogP contribution < -0.4 is 0 Å². The molecule has 0 fully saturated rings. The number of nitrogens with zero attached hydrogens (tertiary/aromatic N) is 2. The predicted octanol–water partition coefficient (Wildman–Crippen LogP) is 6.78. The fourth-order valence-electron chi connectivity index (χ4n) is 4.72. The van der Waals surface area contributed by atoms with Gasteiger partial charge in [-0.3, -0.25) is 6.42 Å². The Labute approximate surface area is 377 Å². The van der Waals surface area contributed by atoms with E-state index in [1.165, 1.54) is 43.6 Å². The molecule has 6 rings (SSSR count). The molecule has 40 heavy (non-hydrogen) atoms. The maximum Gasteiger partial charge on any atom is 0.0466 e. The molecule has 0 aliphatic heterocycles. The van der Waals surface area contributed by atoms with E-state index in [9.17, 15) is 0 Å². The van der Waals surface area contributed by atoms with E-state index in [4.69, 9.17) is 0 Å². The number of aromatic nitrogens is 2. The van der Waals surface area contributed by atoms with Crippen LogP contribution in [0.1, 0.15) is 0 Å². The average Bonchev–Trinajstić information content (AvgIpc) is 3.28. The van der Waals surface area contributed by atoms with E-state index >= 15 is 0 Å². The Morgan fingerprint density at radius 3 is 0.750 bits per heavy atom. The molecule has 2 aromatic heterocycles. The Morgan fingerprint density at radius 2 is 0.525 bits per heavy atom. The summed E-state index contributed by atoms with van der Waals surface area (Å²) in [6.07, 6.45) is 2.39. The summed E-state index contributed by atoms with van der Waals surface area (Å²) in [6.45, 7) is 1.77. The van der Waals surface area contributed by atoms with Gasteiger partial charge in [0.1, 0.15) is 0 Å². The van der Waals surface area contributed by atoms with E-state index < -0.39 is 0 Å². The summed E-state index contributed by atoms with van der Waals surface area (Å²) in [6, 6.07) is 34.8. The smallest absolute Gasteiger partial charge is 0.0466 e. The van der Waals surface area contributed by atoms with E-state index in [-0.39, 0.29) is 214 Å². The second-order valence-corrected chi connectivity index (χ2v) is 7.58. The van der Waals surface area contributed by atoms with Crippen LogP contribution in [0.2, 0.25) is 0 Å². The molecule has 239 valence electrons. The van der Waals surface area contributed by atoms with Gasteiger partial charge in [-0.15, -0.1) is 0 Å². The first-order valence-electron chi connectivity index (χ1n) is 10.2. The minimum absolute atomic E-state index is 0. The van der Waals surface area contributed by atoms with Gasteiger partial charge in [0.25, 0.3) is 0 Å². The molecule has 2 nitrogen and oxygen atoms in total. The largest absolute Gasteiger partial charge is 0.371 e. The monoisotopic (exact) mass is 1510 g/mol. The Morgan fingerprint density at radius 1 is 0.325 bits per heavy atom. The Kier molecular flexibility index (Phi) is 36.8. The second kappa shape index (κ2) is 26.4.